The predicted molar refractivity (Wildman–Crippen MR) is 68.7 cm³/mol. The second kappa shape index (κ2) is 9.75. The van der Waals surface area contributed by atoms with Gasteiger partial charge in [0.15, 0.2) is 0 Å². The largest absolute Gasteiger partial charge is 0.273 e. The van der Waals surface area contributed by atoms with Crippen LogP contribution in [-0.2, 0) is 20.0 Å². The van der Waals surface area contributed by atoms with Crippen LogP contribution in [0.1, 0.15) is 40.5 Å². The van der Waals surface area contributed by atoms with E-state index in [1.165, 1.54) is 15.0 Å². The van der Waals surface area contributed by atoms with E-state index in [4.69, 9.17) is 0 Å². The topological polar surface area (TPSA) is 0 Å². The fourth-order valence-corrected chi connectivity index (χ4v) is 0.960. The molecule has 2 aliphatic rings. The van der Waals surface area contributed by atoms with Gasteiger partial charge >= 0.3 is 37.6 Å². The third-order valence-electron chi connectivity index (χ3n) is 1.94. The molecule has 0 atom stereocenters. The Balaban J connectivity index is 0.000000222. The van der Waals surface area contributed by atoms with Gasteiger partial charge in [-0.25, -0.2) is 23.8 Å². The number of allylic oxidation sites excluding steroid dienone is 8. The summed E-state index contributed by atoms with van der Waals surface area (Å²) < 4.78 is 1.42. The Kier molecular flexibility index (Phi) is 9.47. The number of hydrogen-bond donors (Lipinski definition) is 0. The van der Waals surface area contributed by atoms with Gasteiger partial charge in [0, 0.05) is 0 Å². The van der Waals surface area contributed by atoms with Crippen LogP contribution in [0.15, 0.2) is 35.5 Å². The van der Waals surface area contributed by atoms with E-state index >= 15 is 0 Å². The summed E-state index contributed by atoms with van der Waals surface area (Å²) in [6, 6.07) is 0. The third kappa shape index (κ3) is 10.1. The molecule has 0 unspecified atom stereocenters. The zero-order chi connectivity index (χ0) is 12.4. The van der Waals surface area contributed by atoms with E-state index in [1.807, 2.05) is 12.2 Å². The maximum Gasteiger partial charge on any atom is -0.109 e. The molecule has 0 aliphatic heterocycles. The van der Waals surface area contributed by atoms with Crippen molar-refractivity contribution in [2.24, 2.45) is 0 Å². The summed E-state index contributed by atoms with van der Waals surface area (Å²) in [5.74, 6) is 0. The minimum atomic E-state index is 1.01. The second-order valence-electron chi connectivity index (χ2n) is 3.99. The van der Waals surface area contributed by atoms with Crippen molar-refractivity contribution in [1.29, 1.82) is 0 Å². The molecule has 1 heteroatoms. The Morgan fingerprint density at radius 3 is 2.00 bits per heavy atom. The molecule has 0 bridgehead atoms. The molecule has 16 heavy (non-hydrogen) atoms. The first-order valence-electron chi connectivity index (χ1n) is 5.50. The van der Waals surface area contributed by atoms with Crippen LogP contribution < -0.4 is 0 Å². The first-order chi connectivity index (χ1) is 7.54. The zero-order valence-electron chi connectivity index (χ0n) is 10.7. The predicted octanol–water partition coefficient (Wildman–Crippen LogP) is 4.14. The minimum Gasteiger partial charge on any atom is -0.273 e. The molecule has 0 aromatic heterocycles. The van der Waals surface area contributed by atoms with Crippen LogP contribution in [0.3, 0.4) is 0 Å². The van der Waals surface area contributed by atoms with Crippen molar-refractivity contribution in [1.82, 2.24) is 0 Å². The van der Waals surface area contributed by atoms with Crippen LogP contribution in [0.4, 0.5) is 0 Å². The van der Waals surface area contributed by atoms with Crippen molar-refractivity contribution >= 4 is 3.81 Å². The average Bonchev–Trinajstić information content (AvgIpc) is 2.81. The molecule has 2 aliphatic carbocycles. The van der Waals surface area contributed by atoms with E-state index < -0.39 is 0 Å². The fourth-order valence-electron chi connectivity index (χ4n) is 0.960. The molecule has 0 fully saturated rings. The summed E-state index contributed by atoms with van der Waals surface area (Å²) in [6.07, 6.45) is 16.2. The first-order valence-corrected chi connectivity index (χ1v) is 6.28. The molecule has 0 nitrogen and oxygen atoms in total. The monoisotopic (exact) mass is 248 g/mol. The third-order valence-corrected chi connectivity index (χ3v) is 1.94. The Morgan fingerprint density at radius 1 is 1.25 bits per heavy atom. The summed E-state index contributed by atoms with van der Waals surface area (Å²) in [7, 11) is 0. The number of hydrogen-bond acceptors (Lipinski definition) is 0. The van der Waals surface area contributed by atoms with E-state index in [1.54, 1.807) is 0 Å². The van der Waals surface area contributed by atoms with Gasteiger partial charge in [-0.3, -0.25) is 12.2 Å². The smallest absolute Gasteiger partial charge is 0.109 e. The Labute approximate surface area is 112 Å². The van der Waals surface area contributed by atoms with Gasteiger partial charge in [-0.05, 0) is 0 Å². The van der Waals surface area contributed by atoms with Crippen molar-refractivity contribution in [3.05, 3.63) is 47.6 Å². The molecule has 0 spiro atoms. The molecule has 0 saturated heterocycles. The minimum absolute atomic E-state index is 1.01. The molecule has 0 N–H and O–H groups in total. The van der Waals surface area contributed by atoms with Gasteiger partial charge in [-0.15, -0.1) is 19.8 Å². The van der Waals surface area contributed by atoms with E-state index in [0.717, 1.165) is 12.8 Å². The molecular weight excluding hydrogens is 228 g/mol. The molecule has 0 aromatic rings. The van der Waals surface area contributed by atoms with Crippen molar-refractivity contribution in [2.75, 3.05) is 0 Å². The molecule has 0 aromatic carbocycles. The summed E-state index contributed by atoms with van der Waals surface area (Å²) in [5.41, 5.74) is 2.85. The van der Waals surface area contributed by atoms with Crippen LogP contribution in [0, 0.1) is 12.2 Å². The van der Waals surface area contributed by atoms with Gasteiger partial charge in [-0.1, -0.05) is 6.92 Å². The van der Waals surface area contributed by atoms with Gasteiger partial charge < -0.3 is 0 Å². The molecule has 84 valence electrons. The summed E-state index contributed by atoms with van der Waals surface area (Å²) in [4.78, 5) is 0. The number of rotatable bonds is 0. The van der Waals surface area contributed by atoms with Gasteiger partial charge in [-0.2, -0.15) is 11.6 Å². The van der Waals surface area contributed by atoms with Crippen molar-refractivity contribution < 1.29 is 20.0 Å². The van der Waals surface area contributed by atoms with E-state index in [0.29, 0.717) is 0 Å². The van der Waals surface area contributed by atoms with Crippen molar-refractivity contribution in [3.8, 4) is 0 Å². The van der Waals surface area contributed by atoms with Crippen molar-refractivity contribution in [3.63, 3.8) is 0 Å². The maximum absolute atomic E-state index is 3.12. The van der Waals surface area contributed by atoms with E-state index in [-0.39, 0.29) is 0 Å². The zero-order valence-corrected chi connectivity index (χ0v) is 12.3. The summed E-state index contributed by atoms with van der Waals surface area (Å²) >= 11 is 2.08. The van der Waals surface area contributed by atoms with Gasteiger partial charge in [0.1, 0.15) is 0 Å². The summed E-state index contributed by atoms with van der Waals surface area (Å²) in [5, 5.41) is 0. The van der Waals surface area contributed by atoms with Gasteiger partial charge in [0.2, 0.25) is 0 Å². The van der Waals surface area contributed by atoms with Crippen LogP contribution in [-0.4, -0.2) is 3.81 Å². The van der Waals surface area contributed by atoms with E-state index in [9.17, 15) is 0 Å². The average molecular weight is 248 g/mol. The fraction of sp³-hybridized carbons (Fsp3) is 0.400. The van der Waals surface area contributed by atoms with Crippen LogP contribution >= 0.6 is 0 Å². The standard InChI is InChI=1S/C7H9.C5H5.C3H6.Ti/c1-6-4-3-5-7(6)2;1-2-4-5-3-1;1-3-2;/h4H,5H2,1-2H3;1-3H,4H2;1-2H3;/q2*-1;;+2. The normalized spacial score (nSPS) is 15.6. The molecule has 2 rings (SSSR count). The Bertz CT molecular complexity index is 313. The Morgan fingerprint density at radius 2 is 1.88 bits per heavy atom. The molecule has 0 heterocycles. The van der Waals surface area contributed by atoms with Crippen LogP contribution in [0.5, 0.6) is 0 Å². The maximum atomic E-state index is 3.12. The van der Waals surface area contributed by atoms with E-state index in [2.05, 4.69) is 72.0 Å². The SMILES string of the molecule is CC1=C(C)C[C-]=C1.C[C](C)=[Ti+2].[C-]1=CC=CC1. The second-order valence-corrected chi connectivity index (χ2v) is 5.55. The molecule has 0 saturated carbocycles. The summed E-state index contributed by atoms with van der Waals surface area (Å²) in [6.45, 7) is 8.43. The first kappa shape index (κ1) is 15.5. The molecule has 0 radical (unpaired) electrons. The van der Waals surface area contributed by atoms with Gasteiger partial charge in [0.05, 0.1) is 0 Å². The van der Waals surface area contributed by atoms with Crippen molar-refractivity contribution in [2.45, 2.75) is 40.5 Å². The quantitative estimate of drug-likeness (QED) is 0.446. The van der Waals surface area contributed by atoms with Crippen LogP contribution in [0.25, 0.3) is 0 Å². The molecule has 0 amide bonds. The molecular formula is C15H20Ti. The van der Waals surface area contributed by atoms with Gasteiger partial charge in [0.25, 0.3) is 0 Å². The Hall–Kier alpha value is -0.456. The van der Waals surface area contributed by atoms with Crippen LogP contribution in [0.2, 0.25) is 0 Å².